The highest BCUT2D eigenvalue weighted by Gasteiger charge is 2.12. The van der Waals surface area contributed by atoms with E-state index in [0.29, 0.717) is 21.4 Å². The van der Waals surface area contributed by atoms with Gasteiger partial charge in [0, 0.05) is 6.20 Å². The minimum atomic E-state index is -0.432. The Morgan fingerprint density at radius 1 is 1.32 bits per heavy atom. The number of aromatic nitrogens is 6. The van der Waals surface area contributed by atoms with E-state index in [1.54, 1.807) is 18.2 Å². The smallest absolute Gasteiger partial charge is 0.275 e. The van der Waals surface area contributed by atoms with Gasteiger partial charge in [0.15, 0.2) is 0 Å². The number of rotatable bonds is 2. The summed E-state index contributed by atoms with van der Waals surface area (Å²) >= 11 is 1.32. The molecule has 10 heteroatoms. The Hall–Kier alpha value is -3.14. The standard InChI is InChI=1S/C12H7N7O2S/c20-10(14-12-15-17-18-16-12)6-1-2-8-13-7-3-4-22-9(7)11(21)19(8)5-6/h1-5H,(H2,14,15,16,17,18,20). The van der Waals surface area contributed by atoms with Gasteiger partial charge in [0.05, 0.1) is 11.1 Å². The molecule has 0 fully saturated rings. The summed E-state index contributed by atoms with van der Waals surface area (Å²) < 4.78 is 1.90. The molecule has 0 saturated heterocycles. The minimum absolute atomic E-state index is 0.129. The second-order valence-electron chi connectivity index (χ2n) is 4.40. The van der Waals surface area contributed by atoms with Crippen LogP contribution in [0.5, 0.6) is 0 Å². The number of nitrogens with zero attached hydrogens (tertiary/aromatic N) is 5. The Morgan fingerprint density at radius 2 is 2.23 bits per heavy atom. The number of carbonyl (C=O) groups is 1. The predicted molar refractivity (Wildman–Crippen MR) is 79.0 cm³/mol. The van der Waals surface area contributed by atoms with E-state index in [2.05, 4.69) is 30.9 Å². The van der Waals surface area contributed by atoms with Gasteiger partial charge in [0.1, 0.15) is 10.3 Å². The highest BCUT2D eigenvalue weighted by Crippen LogP contribution is 2.16. The fourth-order valence-corrected chi connectivity index (χ4v) is 2.82. The molecule has 4 rings (SSSR count). The normalized spacial score (nSPS) is 11.1. The molecule has 0 aliphatic carbocycles. The first-order valence-corrected chi connectivity index (χ1v) is 7.05. The summed E-state index contributed by atoms with van der Waals surface area (Å²) in [6.07, 6.45) is 1.45. The van der Waals surface area contributed by atoms with Crippen molar-refractivity contribution in [1.82, 2.24) is 30.0 Å². The number of nitrogens with one attached hydrogen (secondary N) is 2. The number of aromatic amines is 1. The van der Waals surface area contributed by atoms with Gasteiger partial charge in [-0.15, -0.1) is 11.3 Å². The molecular formula is C12H7N7O2S. The molecule has 0 atom stereocenters. The second-order valence-corrected chi connectivity index (χ2v) is 5.32. The van der Waals surface area contributed by atoms with Gasteiger partial charge in [-0.3, -0.25) is 19.3 Å². The third-order valence-electron chi connectivity index (χ3n) is 3.06. The molecule has 108 valence electrons. The monoisotopic (exact) mass is 313 g/mol. The van der Waals surface area contributed by atoms with Crippen molar-refractivity contribution in [2.45, 2.75) is 0 Å². The van der Waals surface area contributed by atoms with Crippen molar-refractivity contribution in [1.29, 1.82) is 0 Å². The van der Waals surface area contributed by atoms with Gasteiger partial charge in [0.25, 0.3) is 11.5 Å². The zero-order valence-corrected chi connectivity index (χ0v) is 11.7. The SMILES string of the molecule is O=C(Nc1nnn[nH]1)c1ccc2nc3ccsc3c(=O)n2c1. The lowest BCUT2D eigenvalue weighted by Crippen LogP contribution is -2.18. The van der Waals surface area contributed by atoms with E-state index in [0.717, 1.165) is 0 Å². The van der Waals surface area contributed by atoms with Crippen LogP contribution in [-0.4, -0.2) is 35.9 Å². The topological polar surface area (TPSA) is 118 Å². The summed E-state index contributed by atoms with van der Waals surface area (Å²) in [5, 5.41) is 17.0. The van der Waals surface area contributed by atoms with Crippen LogP contribution < -0.4 is 10.9 Å². The van der Waals surface area contributed by atoms with Crippen molar-refractivity contribution in [2.75, 3.05) is 5.32 Å². The second kappa shape index (κ2) is 4.70. The van der Waals surface area contributed by atoms with Crippen LogP contribution in [0.15, 0.2) is 34.6 Å². The van der Waals surface area contributed by atoms with E-state index in [9.17, 15) is 9.59 Å². The molecule has 0 saturated carbocycles. The van der Waals surface area contributed by atoms with Crippen LogP contribution >= 0.6 is 11.3 Å². The van der Waals surface area contributed by atoms with Crippen molar-refractivity contribution >= 4 is 39.1 Å². The third kappa shape index (κ3) is 1.93. The fourth-order valence-electron chi connectivity index (χ4n) is 2.06. The number of H-pyrrole nitrogens is 1. The number of amides is 1. The van der Waals surface area contributed by atoms with Crippen LogP contribution in [0.4, 0.5) is 5.95 Å². The summed E-state index contributed by atoms with van der Waals surface area (Å²) in [5.41, 5.74) is 1.23. The van der Waals surface area contributed by atoms with E-state index >= 15 is 0 Å². The number of hydrogen-bond acceptors (Lipinski definition) is 7. The lowest BCUT2D eigenvalue weighted by atomic mass is 10.2. The zero-order chi connectivity index (χ0) is 15.1. The molecule has 0 aliphatic heterocycles. The van der Waals surface area contributed by atoms with Crippen molar-refractivity contribution in [3.8, 4) is 0 Å². The zero-order valence-electron chi connectivity index (χ0n) is 10.8. The summed E-state index contributed by atoms with van der Waals surface area (Å²) in [4.78, 5) is 28.9. The summed E-state index contributed by atoms with van der Waals surface area (Å²) in [6.45, 7) is 0. The molecule has 2 N–H and O–H groups in total. The van der Waals surface area contributed by atoms with Crippen molar-refractivity contribution in [2.24, 2.45) is 0 Å². The molecule has 0 spiro atoms. The lowest BCUT2D eigenvalue weighted by Gasteiger charge is -2.04. The van der Waals surface area contributed by atoms with Crippen LogP contribution in [-0.2, 0) is 0 Å². The number of thiophene rings is 1. The number of carbonyl (C=O) groups excluding carboxylic acids is 1. The molecule has 0 bridgehead atoms. The van der Waals surface area contributed by atoms with Gasteiger partial charge >= 0.3 is 0 Å². The number of tetrazole rings is 1. The molecule has 4 aromatic rings. The molecular weight excluding hydrogens is 306 g/mol. The quantitative estimate of drug-likeness (QED) is 0.561. The lowest BCUT2D eigenvalue weighted by molar-refractivity contribution is 0.102. The maximum Gasteiger partial charge on any atom is 0.275 e. The number of hydrogen-bond donors (Lipinski definition) is 2. The maximum absolute atomic E-state index is 12.4. The van der Waals surface area contributed by atoms with Gasteiger partial charge in [-0.25, -0.2) is 10.1 Å². The van der Waals surface area contributed by atoms with Crippen LogP contribution in [0.25, 0.3) is 15.9 Å². The Kier molecular flexibility index (Phi) is 2.69. The van der Waals surface area contributed by atoms with Crippen molar-refractivity contribution < 1.29 is 4.79 Å². The summed E-state index contributed by atoms with van der Waals surface area (Å²) in [7, 11) is 0. The molecule has 4 aromatic heterocycles. The molecule has 1 amide bonds. The van der Waals surface area contributed by atoms with Crippen LogP contribution in [0, 0.1) is 0 Å². The highest BCUT2D eigenvalue weighted by molar-refractivity contribution is 7.17. The van der Waals surface area contributed by atoms with E-state index in [-0.39, 0.29) is 11.5 Å². The van der Waals surface area contributed by atoms with Crippen LogP contribution in [0.1, 0.15) is 10.4 Å². The Balaban J connectivity index is 1.82. The number of anilines is 1. The van der Waals surface area contributed by atoms with E-state index in [1.807, 2.05) is 5.38 Å². The van der Waals surface area contributed by atoms with Gasteiger partial charge in [-0.05, 0) is 34.0 Å². The molecule has 0 unspecified atom stereocenters. The first-order valence-electron chi connectivity index (χ1n) is 6.17. The molecule has 4 heterocycles. The average Bonchev–Trinajstić information content (AvgIpc) is 3.18. The highest BCUT2D eigenvalue weighted by atomic mass is 32.1. The van der Waals surface area contributed by atoms with E-state index in [1.165, 1.54) is 21.9 Å². The molecule has 0 aromatic carbocycles. The van der Waals surface area contributed by atoms with E-state index in [4.69, 9.17) is 0 Å². The van der Waals surface area contributed by atoms with Crippen molar-refractivity contribution in [3.63, 3.8) is 0 Å². The van der Waals surface area contributed by atoms with Crippen molar-refractivity contribution in [3.05, 3.63) is 45.7 Å². The molecule has 9 nitrogen and oxygen atoms in total. The average molecular weight is 313 g/mol. The van der Waals surface area contributed by atoms with Gasteiger partial charge in [0.2, 0.25) is 5.95 Å². The van der Waals surface area contributed by atoms with Gasteiger partial charge < -0.3 is 0 Å². The van der Waals surface area contributed by atoms with Crippen LogP contribution in [0.2, 0.25) is 0 Å². The minimum Gasteiger partial charge on any atom is -0.289 e. The third-order valence-corrected chi connectivity index (χ3v) is 3.95. The van der Waals surface area contributed by atoms with Gasteiger partial charge in [-0.2, -0.15) is 0 Å². The van der Waals surface area contributed by atoms with Crippen LogP contribution in [0.3, 0.4) is 0 Å². The fraction of sp³-hybridized carbons (Fsp3) is 0. The molecule has 22 heavy (non-hydrogen) atoms. The summed E-state index contributed by atoms with van der Waals surface area (Å²) in [5.74, 6) is -0.303. The molecule has 0 aliphatic rings. The Bertz CT molecular complexity index is 1050. The number of fused-ring (bicyclic) bond motifs is 2. The first kappa shape index (κ1) is 12.6. The van der Waals surface area contributed by atoms with E-state index < -0.39 is 5.91 Å². The molecule has 0 radical (unpaired) electrons. The summed E-state index contributed by atoms with van der Waals surface area (Å²) in [6, 6.07) is 4.99. The Labute approximate surface area is 125 Å². The Morgan fingerprint density at radius 3 is 3.05 bits per heavy atom. The number of pyridine rings is 1. The van der Waals surface area contributed by atoms with Gasteiger partial charge in [-0.1, -0.05) is 5.10 Å². The maximum atomic E-state index is 12.4. The first-order chi connectivity index (χ1) is 10.7. The largest absolute Gasteiger partial charge is 0.289 e. The predicted octanol–water partition coefficient (Wildman–Crippen LogP) is 0.675.